The summed E-state index contributed by atoms with van der Waals surface area (Å²) in [6.45, 7) is 8.57. The molecule has 1 spiro atoms. The number of aromatic nitrogens is 1. The number of hydrogen-bond acceptors (Lipinski definition) is 5. The van der Waals surface area contributed by atoms with Crippen LogP contribution in [-0.2, 0) is 24.2 Å². The van der Waals surface area contributed by atoms with E-state index in [1.54, 1.807) is 18.5 Å². The average molecular weight is 573 g/mol. The highest BCUT2D eigenvalue weighted by atomic mass is 19.4. The van der Waals surface area contributed by atoms with E-state index in [0.29, 0.717) is 30.6 Å². The standard InChI is InChI=1S/C31H39F3N4O3/c1-29(2)19-25-23(5-3-7-26(25)41-29)21-37-15-9-30(10-16-37)11-17-38(18-12-30)27(39)24-8-14-35-20-22(24)6-4-13-36-28(40)31(32,33)34/h3,5,7-8,14,20H,4,6,9-13,15-19,21H2,1-2H3,(H,36,40). The summed E-state index contributed by atoms with van der Waals surface area (Å²) in [4.78, 5) is 33.0. The molecular formula is C31H39F3N4O3. The Hall–Kier alpha value is -3.14. The maximum Gasteiger partial charge on any atom is 0.471 e. The lowest BCUT2D eigenvalue weighted by atomic mass is 9.71. The molecule has 2 aromatic rings. The predicted molar refractivity (Wildman–Crippen MR) is 149 cm³/mol. The number of fused-ring (bicyclic) bond motifs is 1. The summed E-state index contributed by atoms with van der Waals surface area (Å²) in [6, 6.07) is 8.07. The number of halogens is 3. The van der Waals surface area contributed by atoms with Crippen LogP contribution in [0.2, 0.25) is 0 Å². The van der Waals surface area contributed by atoms with E-state index >= 15 is 0 Å². The molecule has 2 fully saturated rings. The Balaban J connectivity index is 1.11. The first-order chi connectivity index (χ1) is 19.4. The number of ether oxygens (including phenoxy) is 1. The van der Waals surface area contributed by atoms with Gasteiger partial charge in [0.15, 0.2) is 0 Å². The summed E-state index contributed by atoms with van der Waals surface area (Å²) in [5.41, 5.74) is 4.03. The monoisotopic (exact) mass is 572 g/mol. The van der Waals surface area contributed by atoms with Crippen LogP contribution in [0.1, 0.15) is 73.0 Å². The largest absolute Gasteiger partial charge is 0.487 e. The van der Waals surface area contributed by atoms with Gasteiger partial charge in [0.1, 0.15) is 11.4 Å². The summed E-state index contributed by atoms with van der Waals surface area (Å²) >= 11 is 0. The van der Waals surface area contributed by atoms with Crippen molar-refractivity contribution in [3.05, 3.63) is 58.9 Å². The molecule has 10 heteroatoms. The molecule has 222 valence electrons. The molecule has 0 atom stereocenters. The summed E-state index contributed by atoms with van der Waals surface area (Å²) in [6.07, 6.45) is 4.03. The Morgan fingerprint density at radius 3 is 2.44 bits per heavy atom. The van der Waals surface area contributed by atoms with Crippen LogP contribution in [-0.4, -0.2) is 71.1 Å². The Kier molecular flexibility index (Phi) is 8.32. The number of benzene rings is 1. The number of rotatable bonds is 7. The second-order valence-electron chi connectivity index (χ2n) is 12.4. The van der Waals surface area contributed by atoms with Crippen molar-refractivity contribution in [2.45, 2.75) is 77.1 Å². The van der Waals surface area contributed by atoms with Gasteiger partial charge in [0.2, 0.25) is 0 Å². The van der Waals surface area contributed by atoms with Gasteiger partial charge in [0.25, 0.3) is 5.91 Å². The van der Waals surface area contributed by atoms with Crippen molar-refractivity contribution < 1.29 is 27.5 Å². The maximum atomic E-state index is 13.4. The molecule has 3 aliphatic rings. The minimum Gasteiger partial charge on any atom is -0.487 e. The van der Waals surface area contributed by atoms with E-state index in [4.69, 9.17) is 4.74 Å². The predicted octanol–water partition coefficient (Wildman–Crippen LogP) is 4.92. The fourth-order valence-electron chi connectivity index (χ4n) is 6.51. The van der Waals surface area contributed by atoms with Crippen LogP contribution in [0.15, 0.2) is 36.7 Å². The van der Waals surface area contributed by atoms with Crippen molar-refractivity contribution in [1.29, 1.82) is 0 Å². The van der Waals surface area contributed by atoms with Crippen molar-refractivity contribution in [1.82, 2.24) is 20.1 Å². The molecule has 5 rings (SSSR count). The minimum atomic E-state index is -4.90. The van der Waals surface area contributed by atoms with E-state index in [1.807, 2.05) is 10.2 Å². The SMILES string of the molecule is CC1(C)Cc2c(CN3CCC4(CC3)CCN(C(=O)c3ccncc3CCCNC(=O)C(F)(F)F)CC4)cccc2O1. The van der Waals surface area contributed by atoms with Gasteiger partial charge in [-0.25, -0.2) is 0 Å². The molecule has 1 aromatic carbocycles. The molecule has 0 bridgehead atoms. The number of likely N-dealkylation sites (tertiary alicyclic amines) is 2. The Bertz CT molecular complexity index is 1260. The van der Waals surface area contributed by atoms with Crippen LogP contribution in [0, 0.1) is 5.41 Å². The lowest BCUT2D eigenvalue weighted by molar-refractivity contribution is -0.173. The molecule has 7 nitrogen and oxygen atoms in total. The maximum absolute atomic E-state index is 13.4. The first-order valence-electron chi connectivity index (χ1n) is 14.5. The number of pyridine rings is 1. The quantitative estimate of drug-likeness (QED) is 0.477. The van der Waals surface area contributed by atoms with Crippen molar-refractivity contribution >= 4 is 11.8 Å². The molecule has 2 saturated heterocycles. The van der Waals surface area contributed by atoms with Gasteiger partial charge in [0.05, 0.1) is 0 Å². The van der Waals surface area contributed by atoms with E-state index in [-0.39, 0.29) is 29.9 Å². The summed E-state index contributed by atoms with van der Waals surface area (Å²) in [7, 11) is 0. The molecule has 4 heterocycles. The highest BCUT2D eigenvalue weighted by Gasteiger charge is 2.40. The summed E-state index contributed by atoms with van der Waals surface area (Å²) < 4.78 is 43.3. The summed E-state index contributed by atoms with van der Waals surface area (Å²) in [5, 5.41) is 1.88. The molecule has 2 amide bonds. The first kappa shape index (κ1) is 29.4. The van der Waals surface area contributed by atoms with Crippen LogP contribution >= 0.6 is 0 Å². The zero-order valence-electron chi connectivity index (χ0n) is 23.9. The van der Waals surface area contributed by atoms with Gasteiger partial charge in [-0.05, 0) is 94.1 Å². The summed E-state index contributed by atoms with van der Waals surface area (Å²) in [5.74, 6) is -0.990. The number of aryl methyl sites for hydroxylation is 1. The van der Waals surface area contributed by atoms with Gasteiger partial charge in [-0.2, -0.15) is 13.2 Å². The number of alkyl halides is 3. The van der Waals surface area contributed by atoms with Gasteiger partial charge in [0, 0.05) is 56.1 Å². The van der Waals surface area contributed by atoms with Gasteiger partial charge >= 0.3 is 12.1 Å². The molecule has 1 aromatic heterocycles. The topological polar surface area (TPSA) is 74.8 Å². The lowest BCUT2D eigenvalue weighted by Gasteiger charge is -2.47. The Morgan fingerprint density at radius 1 is 1.02 bits per heavy atom. The van der Waals surface area contributed by atoms with Crippen molar-refractivity contribution in [2.75, 3.05) is 32.7 Å². The Labute approximate surface area is 239 Å². The van der Waals surface area contributed by atoms with Crippen LogP contribution in [0.5, 0.6) is 5.75 Å². The third-order valence-electron chi connectivity index (χ3n) is 8.94. The zero-order valence-corrected chi connectivity index (χ0v) is 23.9. The second-order valence-corrected chi connectivity index (χ2v) is 12.4. The lowest BCUT2D eigenvalue weighted by Crippen LogP contribution is -2.48. The van der Waals surface area contributed by atoms with Crippen LogP contribution < -0.4 is 10.1 Å². The minimum absolute atomic E-state index is 0.0583. The van der Waals surface area contributed by atoms with Crippen molar-refractivity contribution in [3.63, 3.8) is 0 Å². The van der Waals surface area contributed by atoms with Crippen LogP contribution in [0.3, 0.4) is 0 Å². The number of nitrogens with one attached hydrogen (secondary N) is 1. The van der Waals surface area contributed by atoms with Crippen molar-refractivity contribution in [2.24, 2.45) is 5.41 Å². The molecule has 1 N–H and O–H groups in total. The van der Waals surface area contributed by atoms with E-state index in [2.05, 4.69) is 41.9 Å². The molecule has 0 unspecified atom stereocenters. The number of piperidine rings is 2. The molecule has 0 aliphatic carbocycles. The third kappa shape index (κ3) is 6.85. The first-order valence-corrected chi connectivity index (χ1v) is 14.5. The van der Waals surface area contributed by atoms with Gasteiger partial charge in [-0.3, -0.25) is 19.5 Å². The van der Waals surface area contributed by atoms with Crippen LogP contribution in [0.4, 0.5) is 13.2 Å². The number of amides is 2. The van der Waals surface area contributed by atoms with Crippen LogP contribution in [0.25, 0.3) is 0 Å². The van der Waals surface area contributed by atoms with Gasteiger partial charge in [-0.1, -0.05) is 12.1 Å². The van der Waals surface area contributed by atoms with Crippen molar-refractivity contribution in [3.8, 4) is 5.75 Å². The van der Waals surface area contributed by atoms with Gasteiger partial charge in [-0.15, -0.1) is 0 Å². The third-order valence-corrected chi connectivity index (χ3v) is 8.94. The zero-order chi connectivity index (χ0) is 29.3. The second kappa shape index (κ2) is 11.6. The molecule has 0 radical (unpaired) electrons. The number of nitrogens with zero attached hydrogens (tertiary/aromatic N) is 3. The fourth-order valence-corrected chi connectivity index (χ4v) is 6.51. The number of hydrogen-bond donors (Lipinski definition) is 1. The van der Waals surface area contributed by atoms with E-state index in [9.17, 15) is 22.8 Å². The highest BCUT2D eigenvalue weighted by molar-refractivity contribution is 5.95. The number of carbonyl (C=O) groups is 2. The molecular weight excluding hydrogens is 533 g/mol. The van der Waals surface area contributed by atoms with E-state index < -0.39 is 12.1 Å². The van der Waals surface area contributed by atoms with Gasteiger partial charge < -0.3 is 15.0 Å². The fraction of sp³-hybridized carbons (Fsp3) is 0.581. The smallest absolute Gasteiger partial charge is 0.471 e. The molecule has 0 saturated carbocycles. The van der Waals surface area contributed by atoms with E-state index in [1.165, 1.54) is 11.1 Å². The molecule has 41 heavy (non-hydrogen) atoms. The molecule has 3 aliphatic heterocycles. The normalized spacial score (nSPS) is 20.0. The number of carbonyl (C=O) groups excluding carboxylic acids is 2. The van der Waals surface area contributed by atoms with E-state index in [0.717, 1.165) is 57.5 Å². The Morgan fingerprint density at radius 2 is 1.73 bits per heavy atom. The average Bonchev–Trinajstić information content (AvgIpc) is 3.27. The highest BCUT2D eigenvalue weighted by Crippen LogP contribution is 2.43.